The topological polar surface area (TPSA) is 59.7 Å². The second kappa shape index (κ2) is 5.13. The number of piperidine rings is 1. The van der Waals surface area contributed by atoms with Crippen molar-refractivity contribution < 1.29 is 0 Å². The minimum atomic E-state index is 0.203. The fourth-order valence-corrected chi connectivity index (χ4v) is 2.48. The maximum Gasteiger partial charge on any atom is 0.256 e. The molecule has 0 amide bonds. The second-order valence-electron chi connectivity index (χ2n) is 4.85. The number of anilines is 1. The molecule has 0 spiro atoms. The minimum Gasteiger partial charge on any atom is -0.340 e. The molecule has 1 unspecified atom stereocenters. The number of nitrogens with zero attached hydrogens (tertiary/aromatic N) is 6. The molecular formula is C12H15ClN6. The van der Waals surface area contributed by atoms with Crippen LogP contribution in [0.25, 0.3) is 5.95 Å². The van der Waals surface area contributed by atoms with Crippen LogP contribution in [0.5, 0.6) is 0 Å². The number of rotatable bonds is 2. The van der Waals surface area contributed by atoms with Crippen LogP contribution < -0.4 is 4.90 Å². The van der Waals surface area contributed by atoms with Gasteiger partial charge in [-0.3, -0.25) is 0 Å². The van der Waals surface area contributed by atoms with Gasteiger partial charge in [0.15, 0.2) is 0 Å². The molecule has 7 heteroatoms. The average molecular weight is 279 g/mol. The number of hydrogen-bond donors (Lipinski definition) is 0. The highest BCUT2D eigenvalue weighted by Crippen LogP contribution is 2.21. The molecule has 3 heterocycles. The highest BCUT2D eigenvalue weighted by Gasteiger charge is 2.20. The van der Waals surface area contributed by atoms with Gasteiger partial charge in [-0.05, 0) is 36.4 Å². The summed E-state index contributed by atoms with van der Waals surface area (Å²) in [5, 5.41) is 4.32. The Labute approximate surface area is 116 Å². The number of hydrogen-bond acceptors (Lipinski definition) is 5. The van der Waals surface area contributed by atoms with Crippen molar-refractivity contribution in [2.24, 2.45) is 5.92 Å². The monoisotopic (exact) mass is 278 g/mol. The van der Waals surface area contributed by atoms with Crippen LogP contribution in [-0.4, -0.2) is 37.8 Å². The van der Waals surface area contributed by atoms with Crippen LogP contribution in [-0.2, 0) is 0 Å². The standard InChI is InChI=1S/C12H15ClN6/c1-9-4-2-6-18(8-9)11-15-10(13)16-12(17-11)19-7-3-5-14-19/h3,5,7,9H,2,4,6,8H2,1H3. The van der Waals surface area contributed by atoms with E-state index in [4.69, 9.17) is 11.6 Å². The molecule has 0 aliphatic carbocycles. The highest BCUT2D eigenvalue weighted by atomic mass is 35.5. The SMILES string of the molecule is CC1CCCN(c2nc(Cl)nc(-n3cccn3)n2)C1. The van der Waals surface area contributed by atoms with Crippen LogP contribution in [0.4, 0.5) is 5.95 Å². The summed E-state index contributed by atoms with van der Waals surface area (Å²) in [6, 6.07) is 1.82. The third-order valence-electron chi connectivity index (χ3n) is 3.23. The van der Waals surface area contributed by atoms with Gasteiger partial charge < -0.3 is 4.90 Å². The summed E-state index contributed by atoms with van der Waals surface area (Å²) in [5.74, 6) is 1.74. The summed E-state index contributed by atoms with van der Waals surface area (Å²) in [5.41, 5.74) is 0. The Morgan fingerprint density at radius 2 is 2.11 bits per heavy atom. The van der Waals surface area contributed by atoms with E-state index in [-0.39, 0.29) is 5.28 Å². The maximum atomic E-state index is 5.99. The Bertz CT molecular complexity index is 555. The van der Waals surface area contributed by atoms with E-state index in [9.17, 15) is 0 Å². The molecule has 1 atom stereocenters. The lowest BCUT2D eigenvalue weighted by molar-refractivity contribution is 0.441. The Hall–Kier alpha value is -1.69. The van der Waals surface area contributed by atoms with E-state index in [0.29, 0.717) is 17.8 Å². The molecule has 0 saturated carbocycles. The van der Waals surface area contributed by atoms with Gasteiger partial charge in [0.2, 0.25) is 11.2 Å². The lowest BCUT2D eigenvalue weighted by atomic mass is 10.0. The van der Waals surface area contributed by atoms with Crippen LogP contribution in [0.3, 0.4) is 0 Å². The van der Waals surface area contributed by atoms with Crippen LogP contribution in [0.2, 0.25) is 5.28 Å². The molecule has 3 rings (SSSR count). The van der Waals surface area contributed by atoms with E-state index in [1.54, 1.807) is 17.1 Å². The molecule has 2 aromatic rings. The summed E-state index contributed by atoms with van der Waals surface area (Å²) in [6.45, 7) is 4.16. The zero-order valence-electron chi connectivity index (χ0n) is 10.7. The molecule has 1 saturated heterocycles. The number of halogens is 1. The summed E-state index contributed by atoms with van der Waals surface area (Å²) in [7, 11) is 0. The first-order valence-electron chi connectivity index (χ1n) is 6.39. The van der Waals surface area contributed by atoms with E-state index in [1.165, 1.54) is 6.42 Å². The van der Waals surface area contributed by atoms with Crippen molar-refractivity contribution in [2.75, 3.05) is 18.0 Å². The Balaban J connectivity index is 1.93. The van der Waals surface area contributed by atoms with E-state index in [2.05, 4.69) is 31.9 Å². The van der Waals surface area contributed by atoms with Gasteiger partial charge in [-0.15, -0.1) is 0 Å². The largest absolute Gasteiger partial charge is 0.340 e. The van der Waals surface area contributed by atoms with Crippen molar-refractivity contribution >= 4 is 17.5 Å². The molecule has 0 radical (unpaired) electrons. The molecule has 6 nitrogen and oxygen atoms in total. The molecule has 0 aromatic carbocycles. The molecular weight excluding hydrogens is 264 g/mol. The normalized spacial score (nSPS) is 19.7. The van der Waals surface area contributed by atoms with Gasteiger partial charge >= 0.3 is 0 Å². The molecule has 1 aliphatic rings. The molecule has 19 heavy (non-hydrogen) atoms. The smallest absolute Gasteiger partial charge is 0.256 e. The predicted molar refractivity (Wildman–Crippen MR) is 72.6 cm³/mol. The summed E-state index contributed by atoms with van der Waals surface area (Å²) >= 11 is 5.99. The molecule has 0 N–H and O–H groups in total. The number of aromatic nitrogens is 5. The summed E-state index contributed by atoms with van der Waals surface area (Å²) in [6.07, 6.45) is 5.87. The van der Waals surface area contributed by atoms with Crippen molar-refractivity contribution in [3.8, 4) is 5.95 Å². The lowest BCUT2D eigenvalue weighted by Crippen LogP contribution is -2.35. The first-order valence-corrected chi connectivity index (χ1v) is 6.77. The zero-order valence-corrected chi connectivity index (χ0v) is 11.5. The Morgan fingerprint density at radius 1 is 1.26 bits per heavy atom. The van der Waals surface area contributed by atoms with Crippen LogP contribution in [0.15, 0.2) is 18.5 Å². The quantitative estimate of drug-likeness (QED) is 0.840. The molecule has 2 aromatic heterocycles. The maximum absolute atomic E-state index is 5.99. The van der Waals surface area contributed by atoms with Crippen molar-refractivity contribution in [3.05, 3.63) is 23.7 Å². The van der Waals surface area contributed by atoms with Gasteiger partial charge in [-0.2, -0.15) is 20.1 Å². The van der Waals surface area contributed by atoms with Gasteiger partial charge in [-0.25, -0.2) is 4.68 Å². The lowest BCUT2D eigenvalue weighted by Gasteiger charge is -2.30. The molecule has 1 aliphatic heterocycles. The highest BCUT2D eigenvalue weighted by molar-refractivity contribution is 6.28. The van der Waals surface area contributed by atoms with E-state index in [1.807, 2.05) is 6.07 Å². The summed E-state index contributed by atoms with van der Waals surface area (Å²) < 4.78 is 1.59. The van der Waals surface area contributed by atoms with Gasteiger partial charge in [0.25, 0.3) is 5.95 Å². The molecule has 100 valence electrons. The second-order valence-corrected chi connectivity index (χ2v) is 5.19. The van der Waals surface area contributed by atoms with Gasteiger partial charge in [0.1, 0.15) is 0 Å². The fraction of sp³-hybridized carbons (Fsp3) is 0.500. The third-order valence-corrected chi connectivity index (χ3v) is 3.40. The van der Waals surface area contributed by atoms with Gasteiger partial charge in [-0.1, -0.05) is 6.92 Å². The first kappa shape index (κ1) is 12.3. The van der Waals surface area contributed by atoms with E-state index >= 15 is 0 Å². The van der Waals surface area contributed by atoms with Gasteiger partial charge in [0, 0.05) is 25.5 Å². The fourth-order valence-electron chi connectivity index (χ4n) is 2.33. The van der Waals surface area contributed by atoms with E-state index < -0.39 is 0 Å². The van der Waals surface area contributed by atoms with Crippen LogP contribution in [0.1, 0.15) is 19.8 Å². The van der Waals surface area contributed by atoms with Crippen molar-refractivity contribution in [3.63, 3.8) is 0 Å². The predicted octanol–water partition coefficient (Wildman–Crippen LogP) is 1.95. The third kappa shape index (κ3) is 2.68. The van der Waals surface area contributed by atoms with Crippen LogP contribution >= 0.6 is 11.6 Å². The van der Waals surface area contributed by atoms with Crippen LogP contribution in [0, 0.1) is 5.92 Å². The van der Waals surface area contributed by atoms with Crippen molar-refractivity contribution in [1.82, 2.24) is 24.7 Å². The average Bonchev–Trinajstić information content (AvgIpc) is 2.92. The Morgan fingerprint density at radius 3 is 2.84 bits per heavy atom. The zero-order chi connectivity index (χ0) is 13.2. The summed E-state index contributed by atoms with van der Waals surface area (Å²) in [4.78, 5) is 15.0. The first-order chi connectivity index (χ1) is 9.22. The molecule has 1 fully saturated rings. The van der Waals surface area contributed by atoms with Gasteiger partial charge in [0.05, 0.1) is 0 Å². The Kier molecular flexibility index (Phi) is 3.33. The van der Waals surface area contributed by atoms with Crippen molar-refractivity contribution in [2.45, 2.75) is 19.8 Å². The van der Waals surface area contributed by atoms with Crippen molar-refractivity contribution in [1.29, 1.82) is 0 Å². The minimum absolute atomic E-state index is 0.203. The molecule has 0 bridgehead atoms. The van der Waals surface area contributed by atoms with E-state index in [0.717, 1.165) is 19.5 Å².